The van der Waals surface area contributed by atoms with Gasteiger partial charge in [0.1, 0.15) is 11.6 Å². The van der Waals surface area contributed by atoms with Gasteiger partial charge in [0.15, 0.2) is 5.16 Å². The molecule has 0 radical (unpaired) electrons. The number of nitrogens with one attached hydrogen (secondary N) is 2. The Morgan fingerprint density at radius 2 is 2.03 bits per heavy atom. The summed E-state index contributed by atoms with van der Waals surface area (Å²) in [5.41, 5.74) is 2.04. The second-order valence-corrected chi connectivity index (χ2v) is 8.64. The SMILES string of the molecule is CCCOc1ccccc1[C@@H]1CC(=O)Nc2nc(SCc3cccc(Cl)c3)[nH]c(=O)c21. The molecule has 1 aliphatic rings. The van der Waals surface area contributed by atoms with Crippen LogP contribution < -0.4 is 15.6 Å². The van der Waals surface area contributed by atoms with E-state index in [-0.39, 0.29) is 17.9 Å². The third-order valence-corrected chi connectivity index (χ3v) is 6.13. The van der Waals surface area contributed by atoms with Gasteiger partial charge in [-0.2, -0.15) is 0 Å². The average molecular weight is 456 g/mol. The van der Waals surface area contributed by atoms with Crippen LogP contribution in [0.25, 0.3) is 0 Å². The van der Waals surface area contributed by atoms with Gasteiger partial charge in [0.2, 0.25) is 5.91 Å². The predicted octanol–water partition coefficient (Wildman–Crippen LogP) is 4.98. The zero-order valence-corrected chi connectivity index (χ0v) is 18.6. The Kier molecular flexibility index (Phi) is 6.63. The Morgan fingerprint density at radius 3 is 2.84 bits per heavy atom. The van der Waals surface area contributed by atoms with Crippen molar-refractivity contribution in [1.29, 1.82) is 0 Å². The minimum Gasteiger partial charge on any atom is -0.493 e. The summed E-state index contributed by atoms with van der Waals surface area (Å²) in [5.74, 6) is 0.997. The fourth-order valence-corrected chi connectivity index (χ4v) is 4.59. The molecule has 0 aliphatic carbocycles. The predicted molar refractivity (Wildman–Crippen MR) is 123 cm³/mol. The molecule has 0 unspecified atom stereocenters. The quantitative estimate of drug-likeness (QED) is 0.387. The van der Waals surface area contributed by atoms with E-state index in [1.165, 1.54) is 11.8 Å². The van der Waals surface area contributed by atoms with Gasteiger partial charge in [-0.1, -0.05) is 60.6 Å². The molecule has 4 rings (SSSR count). The standard InChI is InChI=1S/C23H22ClN3O3S/c1-2-10-30-18-9-4-3-8-16(18)17-12-19(28)25-21-20(17)22(29)27-23(26-21)31-13-14-6-5-7-15(24)11-14/h3-9,11,17H,2,10,12-13H2,1H3,(H2,25,26,27,28,29)/t17-/m0/s1. The van der Waals surface area contributed by atoms with E-state index in [1.807, 2.05) is 55.5 Å². The largest absolute Gasteiger partial charge is 0.493 e. The molecule has 6 nitrogen and oxygen atoms in total. The number of carbonyl (C=O) groups excluding carboxylic acids is 1. The summed E-state index contributed by atoms with van der Waals surface area (Å²) in [4.78, 5) is 32.9. The van der Waals surface area contributed by atoms with E-state index in [2.05, 4.69) is 15.3 Å². The summed E-state index contributed by atoms with van der Waals surface area (Å²) in [7, 11) is 0. The number of carbonyl (C=O) groups is 1. The summed E-state index contributed by atoms with van der Waals surface area (Å²) < 4.78 is 5.87. The Morgan fingerprint density at radius 1 is 1.19 bits per heavy atom. The molecule has 31 heavy (non-hydrogen) atoms. The van der Waals surface area contributed by atoms with Gasteiger partial charge in [0, 0.05) is 28.7 Å². The molecular weight excluding hydrogens is 434 g/mol. The molecule has 0 bridgehead atoms. The van der Waals surface area contributed by atoms with Crippen molar-refractivity contribution in [2.75, 3.05) is 11.9 Å². The molecule has 2 heterocycles. The smallest absolute Gasteiger partial charge is 0.257 e. The van der Waals surface area contributed by atoms with Gasteiger partial charge < -0.3 is 15.0 Å². The molecule has 160 valence electrons. The maximum atomic E-state index is 13.0. The monoisotopic (exact) mass is 455 g/mol. The van der Waals surface area contributed by atoms with Crippen LogP contribution in [0.3, 0.4) is 0 Å². The maximum Gasteiger partial charge on any atom is 0.257 e. The molecule has 1 amide bonds. The van der Waals surface area contributed by atoms with Crippen LogP contribution in [0.15, 0.2) is 58.5 Å². The number of aromatic amines is 1. The lowest BCUT2D eigenvalue weighted by Crippen LogP contribution is -2.31. The van der Waals surface area contributed by atoms with Crippen LogP contribution in [0.5, 0.6) is 5.75 Å². The van der Waals surface area contributed by atoms with E-state index in [4.69, 9.17) is 16.3 Å². The minimum absolute atomic E-state index is 0.166. The number of ether oxygens (including phenoxy) is 1. The molecule has 1 atom stereocenters. The molecule has 0 fully saturated rings. The van der Waals surface area contributed by atoms with Gasteiger partial charge in [-0.25, -0.2) is 4.98 Å². The number of fused-ring (bicyclic) bond motifs is 1. The normalized spacial score (nSPS) is 15.3. The highest BCUT2D eigenvalue weighted by molar-refractivity contribution is 7.98. The first-order valence-corrected chi connectivity index (χ1v) is 11.4. The third-order valence-electron chi connectivity index (χ3n) is 4.95. The van der Waals surface area contributed by atoms with Gasteiger partial charge in [-0.3, -0.25) is 9.59 Å². The number of nitrogens with zero attached hydrogens (tertiary/aromatic N) is 1. The fourth-order valence-electron chi connectivity index (χ4n) is 3.57. The van der Waals surface area contributed by atoms with E-state index in [1.54, 1.807) is 0 Å². The van der Waals surface area contributed by atoms with Crippen LogP contribution in [0.1, 0.15) is 42.4 Å². The Balaban J connectivity index is 1.66. The van der Waals surface area contributed by atoms with Gasteiger partial charge >= 0.3 is 0 Å². The highest BCUT2D eigenvalue weighted by atomic mass is 35.5. The van der Waals surface area contributed by atoms with Crippen LogP contribution in [0.2, 0.25) is 5.02 Å². The maximum absolute atomic E-state index is 13.0. The highest BCUT2D eigenvalue weighted by Gasteiger charge is 2.32. The lowest BCUT2D eigenvalue weighted by atomic mass is 9.86. The van der Waals surface area contributed by atoms with E-state index >= 15 is 0 Å². The molecule has 1 aliphatic heterocycles. The van der Waals surface area contributed by atoms with Gasteiger partial charge in [0.05, 0.1) is 12.2 Å². The number of hydrogen-bond donors (Lipinski definition) is 2. The Labute approximate surface area is 189 Å². The van der Waals surface area contributed by atoms with Crippen molar-refractivity contribution in [3.05, 3.63) is 80.6 Å². The minimum atomic E-state index is -0.417. The summed E-state index contributed by atoms with van der Waals surface area (Å²) in [5, 5.41) is 3.87. The molecule has 2 N–H and O–H groups in total. The van der Waals surface area contributed by atoms with Crippen molar-refractivity contribution in [3.8, 4) is 5.75 Å². The Bertz CT molecular complexity index is 1160. The lowest BCUT2D eigenvalue weighted by molar-refractivity contribution is -0.116. The van der Waals surface area contributed by atoms with E-state index in [0.29, 0.717) is 39.7 Å². The fraction of sp³-hybridized carbons (Fsp3) is 0.261. The third kappa shape index (κ3) is 4.94. The summed E-state index contributed by atoms with van der Waals surface area (Å²) in [6, 6.07) is 15.1. The van der Waals surface area contributed by atoms with Crippen LogP contribution in [0.4, 0.5) is 5.82 Å². The number of amides is 1. The number of hydrogen-bond acceptors (Lipinski definition) is 5. The summed E-state index contributed by atoms with van der Waals surface area (Å²) >= 11 is 7.42. The molecule has 2 aromatic carbocycles. The number of H-pyrrole nitrogens is 1. The molecule has 0 saturated carbocycles. The molecular formula is C23H22ClN3O3S. The number of thioether (sulfide) groups is 1. The van der Waals surface area contributed by atoms with Crippen molar-refractivity contribution in [2.24, 2.45) is 0 Å². The number of benzene rings is 2. The lowest BCUT2D eigenvalue weighted by Gasteiger charge is -2.26. The van der Waals surface area contributed by atoms with Crippen molar-refractivity contribution in [3.63, 3.8) is 0 Å². The zero-order valence-electron chi connectivity index (χ0n) is 17.0. The van der Waals surface area contributed by atoms with Crippen molar-refractivity contribution >= 4 is 35.1 Å². The zero-order chi connectivity index (χ0) is 21.8. The number of anilines is 1. The Hall–Kier alpha value is -2.77. The first-order chi connectivity index (χ1) is 15.0. The molecule has 8 heteroatoms. The molecule has 0 saturated heterocycles. The molecule has 1 aromatic heterocycles. The first kappa shape index (κ1) is 21.5. The van der Waals surface area contributed by atoms with Crippen LogP contribution in [-0.4, -0.2) is 22.5 Å². The van der Waals surface area contributed by atoms with Gasteiger partial charge in [-0.05, 0) is 30.2 Å². The molecule has 3 aromatic rings. The highest BCUT2D eigenvalue weighted by Crippen LogP contribution is 2.38. The summed E-state index contributed by atoms with van der Waals surface area (Å²) in [6.45, 7) is 2.60. The number of halogens is 1. The molecule has 0 spiro atoms. The van der Waals surface area contributed by atoms with Crippen molar-refractivity contribution < 1.29 is 9.53 Å². The number of aromatic nitrogens is 2. The van der Waals surface area contributed by atoms with E-state index in [0.717, 1.165) is 17.5 Å². The first-order valence-electron chi connectivity index (χ1n) is 10.1. The van der Waals surface area contributed by atoms with Crippen molar-refractivity contribution in [1.82, 2.24) is 9.97 Å². The topological polar surface area (TPSA) is 84.1 Å². The van der Waals surface area contributed by atoms with E-state index < -0.39 is 5.92 Å². The summed E-state index contributed by atoms with van der Waals surface area (Å²) in [6.07, 6.45) is 1.03. The van der Waals surface area contributed by atoms with E-state index in [9.17, 15) is 9.59 Å². The number of para-hydroxylation sites is 1. The van der Waals surface area contributed by atoms with Gasteiger partial charge in [-0.15, -0.1) is 0 Å². The second-order valence-electron chi connectivity index (χ2n) is 7.24. The second kappa shape index (κ2) is 9.58. The average Bonchev–Trinajstić information content (AvgIpc) is 2.75. The number of rotatable bonds is 7. The van der Waals surface area contributed by atoms with Crippen LogP contribution in [0, 0.1) is 0 Å². The van der Waals surface area contributed by atoms with Crippen LogP contribution in [-0.2, 0) is 10.5 Å². The van der Waals surface area contributed by atoms with Gasteiger partial charge in [0.25, 0.3) is 5.56 Å². The van der Waals surface area contributed by atoms with Crippen molar-refractivity contribution in [2.45, 2.75) is 36.6 Å². The van der Waals surface area contributed by atoms with Crippen LogP contribution >= 0.6 is 23.4 Å².